The van der Waals surface area contributed by atoms with E-state index in [2.05, 4.69) is 34.9 Å². The number of hydrogen-bond acceptors (Lipinski definition) is 4. The molecule has 29 heavy (non-hydrogen) atoms. The summed E-state index contributed by atoms with van der Waals surface area (Å²) in [6, 6.07) is 7.21. The summed E-state index contributed by atoms with van der Waals surface area (Å²) >= 11 is 0. The molecule has 158 valence electrons. The second kappa shape index (κ2) is 9.89. The third-order valence-corrected chi connectivity index (χ3v) is 5.20. The Morgan fingerprint density at radius 2 is 2.00 bits per heavy atom. The molecule has 0 bridgehead atoms. The molecule has 3 N–H and O–H groups in total. The molecule has 1 aliphatic heterocycles. The second-order valence-electron chi connectivity index (χ2n) is 7.82. The fraction of sp³-hybridized carbons (Fsp3) is 0.476. The highest BCUT2D eigenvalue weighted by Crippen LogP contribution is 2.29. The van der Waals surface area contributed by atoms with Gasteiger partial charge >= 0.3 is 0 Å². The lowest BCUT2D eigenvalue weighted by Gasteiger charge is -2.36. The number of halogens is 1. The normalized spacial score (nSPS) is 15.4. The van der Waals surface area contributed by atoms with Crippen LogP contribution in [-0.4, -0.2) is 41.2 Å². The van der Waals surface area contributed by atoms with Crippen molar-refractivity contribution in [3.63, 3.8) is 0 Å². The van der Waals surface area contributed by atoms with Gasteiger partial charge in [0.1, 0.15) is 5.54 Å². The Morgan fingerprint density at radius 3 is 2.59 bits per heavy atom. The molecule has 1 aromatic heterocycles. The molecule has 1 saturated heterocycles. The Labute approximate surface area is 178 Å². The quantitative estimate of drug-likeness (QED) is 0.671. The molecule has 0 spiro atoms. The molecule has 0 aliphatic carbocycles. The molecule has 0 radical (unpaired) electrons. The standard InChI is InChI=1S/C21H29N5O2.ClH/c1-15(2)14-23-19(27)17-5-6-18(16(3)13-17)25-20(28)21(7-10-22-11-8-21)26-12-4-9-24-26;/h4-6,9,12-13,15,22H,7-8,10-11,14H2,1-3H3,(H,23,27)(H,25,28);1H. The number of carbonyl (C=O) groups is 2. The zero-order valence-corrected chi connectivity index (χ0v) is 18.0. The van der Waals surface area contributed by atoms with Crippen molar-refractivity contribution in [3.8, 4) is 0 Å². The molecule has 2 aromatic rings. The molecular formula is C21H30ClN5O2. The van der Waals surface area contributed by atoms with Gasteiger partial charge in [-0.25, -0.2) is 0 Å². The Hall–Kier alpha value is -2.38. The lowest BCUT2D eigenvalue weighted by molar-refractivity contribution is -0.126. The van der Waals surface area contributed by atoms with Gasteiger partial charge in [0.15, 0.2) is 0 Å². The maximum atomic E-state index is 13.3. The van der Waals surface area contributed by atoms with E-state index in [1.165, 1.54) is 0 Å². The molecule has 0 atom stereocenters. The first kappa shape index (κ1) is 22.9. The van der Waals surface area contributed by atoms with Crippen molar-refractivity contribution in [3.05, 3.63) is 47.8 Å². The molecule has 2 heterocycles. The van der Waals surface area contributed by atoms with Crippen LogP contribution in [0.2, 0.25) is 0 Å². The van der Waals surface area contributed by atoms with Gasteiger partial charge in [0, 0.05) is 30.2 Å². The number of carbonyl (C=O) groups excluding carboxylic acids is 2. The Bertz CT molecular complexity index is 830. The van der Waals surface area contributed by atoms with Crippen LogP contribution in [0.4, 0.5) is 5.69 Å². The molecule has 0 unspecified atom stereocenters. The third kappa shape index (κ3) is 5.16. The van der Waals surface area contributed by atoms with Crippen molar-refractivity contribution in [1.29, 1.82) is 0 Å². The van der Waals surface area contributed by atoms with Gasteiger partial charge < -0.3 is 16.0 Å². The number of hydrogen-bond donors (Lipinski definition) is 3. The van der Waals surface area contributed by atoms with Crippen LogP contribution in [0.3, 0.4) is 0 Å². The first-order valence-electron chi connectivity index (χ1n) is 9.83. The fourth-order valence-electron chi connectivity index (χ4n) is 3.51. The van der Waals surface area contributed by atoms with Crippen LogP contribution in [0.5, 0.6) is 0 Å². The van der Waals surface area contributed by atoms with E-state index in [1.54, 1.807) is 23.0 Å². The topological polar surface area (TPSA) is 88.1 Å². The third-order valence-electron chi connectivity index (χ3n) is 5.20. The van der Waals surface area contributed by atoms with E-state index in [9.17, 15) is 9.59 Å². The van der Waals surface area contributed by atoms with Gasteiger partial charge in [-0.2, -0.15) is 5.10 Å². The summed E-state index contributed by atoms with van der Waals surface area (Å²) in [4.78, 5) is 25.5. The predicted octanol–water partition coefficient (Wildman–Crippen LogP) is 2.72. The molecule has 7 nitrogen and oxygen atoms in total. The van der Waals surface area contributed by atoms with E-state index in [-0.39, 0.29) is 24.2 Å². The van der Waals surface area contributed by atoms with Gasteiger partial charge in [-0.3, -0.25) is 14.3 Å². The summed E-state index contributed by atoms with van der Waals surface area (Å²) in [6.07, 6.45) is 4.90. The van der Waals surface area contributed by atoms with E-state index in [0.29, 0.717) is 30.9 Å². The average Bonchev–Trinajstić information content (AvgIpc) is 3.23. The van der Waals surface area contributed by atoms with Gasteiger partial charge in [0.25, 0.3) is 11.8 Å². The summed E-state index contributed by atoms with van der Waals surface area (Å²) in [5.74, 6) is 0.228. The fourth-order valence-corrected chi connectivity index (χ4v) is 3.51. The Morgan fingerprint density at radius 1 is 1.28 bits per heavy atom. The number of benzene rings is 1. The van der Waals surface area contributed by atoms with Gasteiger partial charge in [0.2, 0.25) is 0 Å². The van der Waals surface area contributed by atoms with Gasteiger partial charge in [-0.1, -0.05) is 13.8 Å². The van der Waals surface area contributed by atoms with Crippen LogP contribution < -0.4 is 16.0 Å². The molecule has 0 saturated carbocycles. The van der Waals surface area contributed by atoms with Crippen LogP contribution in [0.1, 0.15) is 42.6 Å². The van der Waals surface area contributed by atoms with E-state index in [0.717, 1.165) is 24.3 Å². The second-order valence-corrected chi connectivity index (χ2v) is 7.82. The van der Waals surface area contributed by atoms with Gasteiger partial charge in [0.05, 0.1) is 0 Å². The average molecular weight is 420 g/mol. The van der Waals surface area contributed by atoms with Gasteiger partial charge in [-0.15, -0.1) is 12.4 Å². The zero-order valence-electron chi connectivity index (χ0n) is 17.2. The molecule has 1 aromatic carbocycles. The van der Waals surface area contributed by atoms with E-state index in [1.807, 2.05) is 25.3 Å². The number of rotatable bonds is 6. The summed E-state index contributed by atoms with van der Waals surface area (Å²) in [7, 11) is 0. The Balaban J connectivity index is 0.00000300. The monoisotopic (exact) mass is 419 g/mol. The molecular weight excluding hydrogens is 390 g/mol. The van der Waals surface area contributed by atoms with E-state index >= 15 is 0 Å². The minimum Gasteiger partial charge on any atom is -0.352 e. The Kier molecular flexibility index (Phi) is 7.81. The maximum Gasteiger partial charge on any atom is 0.252 e. The minimum absolute atomic E-state index is 0. The maximum absolute atomic E-state index is 13.3. The summed E-state index contributed by atoms with van der Waals surface area (Å²) < 4.78 is 1.77. The van der Waals surface area contributed by atoms with E-state index < -0.39 is 5.54 Å². The largest absolute Gasteiger partial charge is 0.352 e. The van der Waals surface area contributed by atoms with E-state index in [4.69, 9.17) is 0 Å². The highest BCUT2D eigenvalue weighted by atomic mass is 35.5. The number of anilines is 1. The SMILES string of the molecule is Cc1cc(C(=O)NCC(C)C)ccc1NC(=O)C1(n2cccn2)CCNCC1.Cl. The van der Waals surface area contributed by atoms with Crippen LogP contribution in [0.25, 0.3) is 0 Å². The number of nitrogens with one attached hydrogen (secondary N) is 3. The van der Waals surface area contributed by atoms with Crippen molar-refractivity contribution < 1.29 is 9.59 Å². The van der Waals surface area contributed by atoms with Crippen molar-refractivity contribution >= 4 is 29.9 Å². The van der Waals surface area contributed by atoms with Crippen LogP contribution in [0.15, 0.2) is 36.7 Å². The lowest BCUT2D eigenvalue weighted by Crippen LogP contribution is -2.52. The lowest BCUT2D eigenvalue weighted by atomic mass is 9.87. The summed E-state index contributed by atoms with van der Waals surface area (Å²) in [6.45, 7) is 8.18. The molecule has 1 aliphatic rings. The number of piperidine rings is 1. The zero-order chi connectivity index (χ0) is 20.1. The van der Waals surface area contributed by atoms with Crippen molar-refractivity contribution in [2.24, 2.45) is 5.92 Å². The highest BCUT2D eigenvalue weighted by Gasteiger charge is 2.42. The molecule has 2 amide bonds. The van der Waals surface area contributed by atoms with Crippen LogP contribution in [0, 0.1) is 12.8 Å². The smallest absolute Gasteiger partial charge is 0.252 e. The first-order valence-corrected chi connectivity index (χ1v) is 9.83. The summed E-state index contributed by atoms with van der Waals surface area (Å²) in [5.41, 5.74) is 1.47. The van der Waals surface area contributed by atoms with Crippen molar-refractivity contribution in [2.45, 2.75) is 39.2 Å². The molecule has 1 fully saturated rings. The molecule has 8 heteroatoms. The predicted molar refractivity (Wildman–Crippen MR) is 117 cm³/mol. The van der Waals surface area contributed by atoms with Gasteiger partial charge in [-0.05, 0) is 68.6 Å². The number of amides is 2. The van der Waals surface area contributed by atoms with Crippen LogP contribution >= 0.6 is 12.4 Å². The number of aromatic nitrogens is 2. The number of aryl methyl sites for hydroxylation is 1. The summed E-state index contributed by atoms with van der Waals surface area (Å²) in [5, 5.41) is 13.6. The highest BCUT2D eigenvalue weighted by molar-refractivity contribution is 5.99. The first-order chi connectivity index (χ1) is 13.4. The van der Waals surface area contributed by atoms with Crippen LogP contribution in [-0.2, 0) is 10.3 Å². The van der Waals surface area contributed by atoms with Crippen molar-refractivity contribution in [1.82, 2.24) is 20.4 Å². The van der Waals surface area contributed by atoms with Crippen molar-refractivity contribution in [2.75, 3.05) is 25.0 Å². The molecule has 3 rings (SSSR count). The number of nitrogens with zero attached hydrogens (tertiary/aromatic N) is 2. The minimum atomic E-state index is -0.700.